The van der Waals surface area contributed by atoms with E-state index >= 15 is 0 Å². The van der Waals surface area contributed by atoms with Crippen molar-refractivity contribution in [1.29, 1.82) is 0 Å². The normalized spacial score (nSPS) is 32.5. The Hall–Kier alpha value is -0.0800. The maximum Gasteiger partial charge on any atom is 0.0252 e. The Morgan fingerprint density at radius 1 is 1.24 bits per heavy atom. The molecule has 0 bridgehead atoms. The topological polar surface area (TPSA) is 15.3 Å². The molecular formula is C15H30N2. The Kier molecular flexibility index (Phi) is 3.57. The van der Waals surface area contributed by atoms with Gasteiger partial charge in [0.15, 0.2) is 0 Å². The molecule has 0 aromatic heterocycles. The van der Waals surface area contributed by atoms with Gasteiger partial charge >= 0.3 is 0 Å². The molecule has 0 radical (unpaired) electrons. The predicted molar refractivity (Wildman–Crippen MR) is 74.2 cm³/mol. The molecule has 2 rings (SSSR count). The molecule has 2 fully saturated rings. The Morgan fingerprint density at radius 3 is 2.35 bits per heavy atom. The molecule has 1 heterocycles. The monoisotopic (exact) mass is 238 g/mol. The zero-order valence-corrected chi connectivity index (χ0v) is 12.3. The summed E-state index contributed by atoms with van der Waals surface area (Å²) in [6, 6.07) is 0.723. The van der Waals surface area contributed by atoms with Crippen LogP contribution in [0.5, 0.6) is 0 Å². The van der Waals surface area contributed by atoms with Crippen LogP contribution in [0.1, 0.15) is 53.9 Å². The lowest BCUT2D eigenvalue weighted by molar-refractivity contribution is 0.00591. The number of nitrogens with one attached hydrogen (secondary N) is 1. The smallest absolute Gasteiger partial charge is 0.0252 e. The summed E-state index contributed by atoms with van der Waals surface area (Å²) >= 11 is 0. The van der Waals surface area contributed by atoms with Crippen LogP contribution in [-0.2, 0) is 0 Å². The number of piperazine rings is 1. The number of rotatable bonds is 3. The van der Waals surface area contributed by atoms with Crippen LogP contribution in [0.4, 0.5) is 0 Å². The second-order valence-electron chi connectivity index (χ2n) is 7.65. The van der Waals surface area contributed by atoms with Gasteiger partial charge in [-0.05, 0) is 38.0 Å². The molecular weight excluding hydrogens is 208 g/mol. The van der Waals surface area contributed by atoms with Gasteiger partial charge in [-0.3, -0.25) is 4.90 Å². The van der Waals surface area contributed by atoms with E-state index in [-0.39, 0.29) is 5.54 Å². The quantitative estimate of drug-likeness (QED) is 0.813. The van der Waals surface area contributed by atoms with Gasteiger partial charge in [0, 0.05) is 31.2 Å². The lowest BCUT2D eigenvalue weighted by Gasteiger charge is -2.51. The van der Waals surface area contributed by atoms with E-state index in [0.717, 1.165) is 18.5 Å². The van der Waals surface area contributed by atoms with E-state index in [4.69, 9.17) is 0 Å². The van der Waals surface area contributed by atoms with Gasteiger partial charge in [0.25, 0.3) is 0 Å². The molecule has 100 valence electrons. The summed E-state index contributed by atoms with van der Waals surface area (Å²) < 4.78 is 0. The molecule has 1 saturated carbocycles. The third kappa shape index (κ3) is 3.03. The highest BCUT2D eigenvalue weighted by molar-refractivity contribution is 4.97. The summed E-state index contributed by atoms with van der Waals surface area (Å²) in [6.07, 6.45) is 4.31. The van der Waals surface area contributed by atoms with E-state index in [1.165, 1.54) is 32.4 Å². The van der Waals surface area contributed by atoms with Gasteiger partial charge < -0.3 is 5.32 Å². The Morgan fingerprint density at radius 2 is 1.88 bits per heavy atom. The molecule has 1 N–H and O–H groups in total. The fourth-order valence-electron chi connectivity index (χ4n) is 3.45. The summed E-state index contributed by atoms with van der Waals surface area (Å²) in [5.74, 6) is 0.752. The van der Waals surface area contributed by atoms with E-state index < -0.39 is 0 Å². The fourth-order valence-corrected chi connectivity index (χ4v) is 3.45. The standard InChI is InChI=1S/C15H30N2/c1-12(2)13-9-16-14(3,4)10-17(13)11-15(5)7-6-8-15/h12-13,16H,6-11H2,1-5H3. The van der Waals surface area contributed by atoms with Crippen LogP contribution in [-0.4, -0.2) is 36.1 Å². The Bertz CT molecular complexity index is 266. The van der Waals surface area contributed by atoms with Crippen molar-refractivity contribution in [3.63, 3.8) is 0 Å². The van der Waals surface area contributed by atoms with Crippen molar-refractivity contribution in [2.24, 2.45) is 11.3 Å². The first-order chi connectivity index (χ1) is 7.81. The van der Waals surface area contributed by atoms with Crippen LogP contribution >= 0.6 is 0 Å². The van der Waals surface area contributed by atoms with Gasteiger partial charge in [0.1, 0.15) is 0 Å². The highest BCUT2D eigenvalue weighted by atomic mass is 15.3. The van der Waals surface area contributed by atoms with Crippen molar-refractivity contribution in [3.8, 4) is 0 Å². The molecule has 1 unspecified atom stereocenters. The largest absolute Gasteiger partial charge is 0.309 e. The second kappa shape index (κ2) is 4.55. The van der Waals surface area contributed by atoms with Crippen LogP contribution in [0.2, 0.25) is 0 Å². The van der Waals surface area contributed by atoms with Gasteiger partial charge in [-0.25, -0.2) is 0 Å². The van der Waals surface area contributed by atoms with Crippen molar-refractivity contribution < 1.29 is 0 Å². The lowest BCUT2D eigenvalue weighted by Crippen LogP contribution is -2.64. The molecule has 1 atom stereocenters. The lowest BCUT2D eigenvalue weighted by atomic mass is 9.69. The summed E-state index contributed by atoms with van der Waals surface area (Å²) in [5.41, 5.74) is 0.895. The first kappa shape index (κ1) is 13.4. The third-order valence-corrected chi connectivity index (χ3v) is 4.77. The minimum Gasteiger partial charge on any atom is -0.309 e. The van der Waals surface area contributed by atoms with Crippen molar-refractivity contribution >= 4 is 0 Å². The highest BCUT2D eigenvalue weighted by Gasteiger charge is 2.40. The van der Waals surface area contributed by atoms with E-state index in [1.54, 1.807) is 0 Å². The molecule has 0 spiro atoms. The molecule has 0 amide bonds. The number of nitrogens with zero attached hydrogens (tertiary/aromatic N) is 1. The van der Waals surface area contributed by atoms with Crippen LogP contribution in [0.15, 0.2) is 0 Å². The van der Waals surface area contributed by atoms with Gasteiger partial charge in [0.2, 0.25) is 0 Å². The maximum atomic E-state index is 3.70. The maximum absolute atomic E-state index is 3.70. The SMILES string of the molecule is CC(C)C1CNC(C)(C)CN1CC1(C)CCC1. The minimum absolute atomic E-state index is 0.283. The molecule has 0 aromatic rings. The number of hydrogen-bond acceptors (Lipinski definition) is 2. The average Bonchev–Trinajstić information content (AvgIpc) is 2.13. The van der Waals surface area contributed by atoms with Gasteiger partial charge in [-0.2, -0.15) is 0 Å². The van der Waals surface area contributed by atoms with Crippen LogP contribution < -0.4 is 5.32 Å². The van der Waals surface area contributed by atoms with Crippen molar-refractivity contribution in [2.45, 2.75) is 65.5 Å². The summed E-state index contributed by atoms with van der Waals surface area (Å²) in [4.78, 5) is 2.76. The fraction of sp³-hybridized carbons (Fsp3) is 1.00. The first-order valence-electron chi connectivity index (χ1n) is 7.30. The van der Waals surface area contributed by atoms with Crippen LogP contribution in [0.3, 0.4) is 0 Å². The first-order valence-corrected chi connectivity index (χ1v) is 7.30. The average molecular weight is 238 g/mol. The van der Waals surface area contributed by atoms with E-state index in [9.17, 15) is 0 Å². The van der Waals surface area contributed by atoms with Gasteiger partial charge in [0.05, 0.1) is 0 Å². The molecule has 2 nitrogen and oxygen atoms in total. The van der Waals surface area contributed by atoms with Gasteiger partial charge in [-0.1, -0.05) is 27.2 Å². The molecule has 1 aliphatic carbocycles. The van der Waals surface area contributed by atoms with Gasteiger partial charge in [-0.15, -0.1) is 0 Å². The summed E-state index contributed by atoms with van der Waals surface area (Å²) in [6.45, 7) is 15.5. The third-order valence-electron chi connectivity index (χ3n) is 4.77. The molecule has 2 heteroatoms. The molecule has 2 aliphatic rings. The molecule has 1 saturated heterocycles. The minimum atomic E-state index is 0.283. The zero-order chi connectivity index (χ0) is 12.7. The van der Waals surface area contributed by atoms with Crippen LogP contribution in [0, 0.1) is 11.3 Å². The zero-order valence-electron chi connectivity index (χ0n) is 12.3. The molecule has 17 heavy (non-hydrogen) atoms. The van der Waals surface area contributed by atoms with Crippen molar-refractivity contribution in [1.82, 2.24) is 10.2 Å². The van der Waals surface area contributed by atoms with Crippen molar-refractivity contribution in [3.05, 3.63) is 0 Å². The highest BCUT2D eigenvalue weighted by Crippen LogP contribution is 2.42. The van der Waals surface area contributed by atoms with Crippen LogP contribution in [0.25, 0.3) is 0 Å². The second-order valence-corrected chi connectivity index (χ2v) is 7.65. The van der Waals surface area contributed by atoms with E-state index in [2.05, 4.69) is 44.8 Å². The Labute approximate surface area is 107 Å². The predicted octanol–water partition coefficient (Wildman–Crippen LogP) is 2.89. The molecule has 1 aliphatic heterocycles. The molecule has 0 aromatic carbocycles. The van der Waals surface area contributed by atoms with E-state index in [0.29, 0.717) is 5.41 Å². The number of hydrogen-bond donors (Lipinski definition) is 1. The Balaban J connectivity index is 2.02. The van der Waals surface area contributed by atoms with Crippen molar-refractivity contribution in [2.75, 3.05) is 19.6 Å². The summed E-state index contributed by atoms with van der Waals surface area (Å²) in [7, 11) is 0. The summed E-state index contributed by atoms with van der Waals surface area (Å²) in [5, 5.41) is 3.70. The van der Waals surface area contributed by atoms with E-state index in [1.807, 2.05) is 0 Å².